The van der Waals surface area contributed by atoms with Crippen molar-refractivity contribution in [1.82, 2.24) is 5.32 Å². The van der Waals surface area contributed by atoms with Crippen molar-refractivity contribution in [3.8, 4) is 0 Å². The number of Topliss-reactive ketones (excluding diaryl/α,β-unsaturated/α-hetero) is 1. The van der Waals surface area contributed by atoms with E-state index in [0.29, 0.717) is 34.9 Å². The number of nitrogens with two attached hydrogens (primary N) is 1. The predicted molar refractivity (Wildman–Crippen MR) is 122 cm³/mol. The molecule has 4 rings (SSSR count). The zero-order valence-corrected chi connectivity index (χ0v) is 18.7. The topological polar surface area (TPSA) is 110 Å². The second-order valence-electron chi connectivity index (χ2n) is 7.85. The second kappa shape index (κ2) is 9.34. The van der Waals surface area contributed by atoms with Gasteiger partial charge in [-0.05, 0) is 36.6 Å². The van der Waals surface area contributed by atoms with Gasteiger partial charge in [-0.3, -0.25) is 19.2 Å². The molecule has 1 heterocycles. The number of carbonyl (C=O) groups excluding carboxylic acids is 4. The van der Waals surface area contributed by atoms with Gasteiger partial charge in [0.25, 0.3) is 5.91 Å². The van der Waals surface area contributed by atoms with E-state index < -0.39 is 34.9 Å². The molecule has 1 aliphatic carbocycles. The quantitative estimate of drug-likeness (QED) is 0.651. The lowest BCUT2D eigenvalue weighted by Crippen LogP contribution is -2.53. The smallest absolute Gasteiger partial charge is 0.251 e. The molecule has 3 atom stereocenters. The molecule has 1 fully saturated rings. The highest BCUT2D eigenvalue weighted by molar-refractivity contribution is 7.99. The molecule has 3 unspecified atom stereocenters. The molecule has 9 heteroatoms. The van der Waals surface area contributed by atoms with E-state index in [2.05, 4.69) is 5.32 Å². The predicted octanol–water partition coefficient (Wildman–Crippen LogP) is 2.86. The summed E-state index contributed by atoms with van der Waals surface area (Å²) >= 11 is 7.60. The van der Waals surface area contributed by atoms with Crippen molar-refractivity contribution in [2.45, 2.75) is 35.4 Å². The van der Waals surface area contributed by atoms with Crippen LogP contribution in [-0.2, 0) is 19.2 Å². The fraction of sp³-hybridized carbons (Fsp3) is 0.304. The van der Waals surface area contributed by atoms with Crippen molar-refractivity contribution >= 4 is 52.6 Å². The number of nitrogens with zero attached hydrogens (tertiary/aromatic N) is 1. The van der Waals surface area contributed by atoms with Gasteiger partial charge in [0.1, 0.15) is 18.4 Å². The number of halogens is 1. The zero-order chi connectivity index (χ0) is 22.8. The summed E-state index contributed by atoms with van der Waals surface area (Å²) < 4.78 is 0. The average molecular weight is 472 g/mol. The minimum atomic E-state index is -1.01. The summed E-state index contributed by atoms with van der Waals surface area (Å²) in [7, 11) is 0. The van der Waals surface area contributed by atoms with E-state index in [4.69, 9.17) is 17.3 Å². The number of anilines is 1. The Kier molecular flexibility index (Phi) is 6.53. The first-order chi connectivity index (χ1) is 15.3. The molecule has 7 nitrogen and oxygen atoms in total. The van der Waals surface area contributed by atoms with Crippen molar-refractivity contribution in [3.05, 3.63) is 59.1 Å². The Morgan fingerprint density at radius 1 is 1.16 bits per heavy atom. The number of rotatable bonds is 5. The van der Waals surface area contributed by atoms with Crippen LogP contribution in [0.4, 0.5) is 5.69 Å². The molecule has 1 aliphatic heterocycles. The van der Waals surface area contributed by atoms with Crippen molar-refractivity contribution in [2.24, 2.45) is 11.7 Å². The average Bonchev–Trinajstić information content (AvgIpc) is 3.16. The SMILES string of the molecule is NC(=O)CN1C(=O)C(NC(=O)C2CCCC2=O)C(c2ccccc2)Sc2cc(Cl)ccc21. The molecule has 0 radical (unpaired) electrons. The highest BCUT2D eigenvalue weighted by atomic mass is 35.5. The van der Waals surface area contributed by atoms with Crippen LogP contribution in [0.3, 0.4) is 0 Å². The van der Waals surface area contributed by atoms with E-state index in [-0.39, 0.29) is 12.3 Å². The number of thioether (sulfide) groups is 1. The number of primary amides is 1. The minimum Gasteiger partial charge on any atom is -0.368 e. The maximum Gasteiger partial charge on any atom is 0.251 e. The van der Waals surface area contributed by atoms with Crippen LogP contribution in [0.15, 0.2) is 53.4 Å². The van der Waals surface area contributed by atoms with E-state index in [0.717, 1.165) is 5.56 Å². The monoisotopic (exact) mass is 471 g/mol. The Morgan fingerprint density at radius 3 is 2.56 bits per heavy atom. The number of carbonyl (C=O) groups is 4. The van der Waals surface area contributed by atoms with Gasteiger partial charge in [-0.1, -0.05) is 41.9 Å². The number of hydrogen-bond acceptors (Lipinski definition) is 5. The normalized spacial score (nSPS) is 22.9. The molecule has 0 spiro atoms. The van der Waals surface area contributed by atoms with Gasteiger partial charge in [0.2, 0.25) is 11.8 Å². The molecule has 3 amide bonds. The number of fused-ring (bicyclic) bond motifs is 1. The Hall–Kier alpha value is -2.84. The van der Waals surface area contributed by atoms with Gasteiger partial charge in [-0.15, -0.1) is 11.8 Å². The zero-order valence-electron chi connectivity index (χ0n) is 17.1. The number of nitrogens with one attached hydrogen (secondary N) is 1. The van der Waals surface area contributed by atoms with Crippen molar-refractivity contribution in [2.75, 3.05) is 11.4 Å². The summed E-state index contributed by atoms with van der Waals surface area (Å²) in [5.41, 5.74) is 6.75. The molecule has 0 bridgehead atoms. The Balaban J connectivity index is 1.78. The van der Waals surface area contributed by atoms with Crippen LogP contribution in [0.5, 0.6) is 0 Å². The van der Waals surface area contributed by atoms with Gasteiger partial charge in [-0.2, -0.15) is 0 Å². The summed E-state index contributed by atoms with van der Waals surface area (Å²) in [6, 6.07) is 13.3. The van der Waals surface area contributed by atoms with Crippen LogP contribution in [0.25, 0.3) is 0 Å². The molecule has 0 saturated heterocycles. The van der Waals surface area contributed by atoms with E-state index in [1.165, 1.54) is 16.7 Å². The lowest BCUT2D eigenvalue weighted by Gasteiger charge is -2.28. The van der Waals surface area contributed by atoms with Crippen LogP contribution in [0.2, 0.25) is 5.02 Å². The van der Waals surface area contributed by atoms with Crippen LogP contribution >= 0.6 is 23.4 Å². The fourth-order valence-electron chi connectivity index (χ4n) is 4.13. The number of hydrogen-bond donors (Lipinski definition) is 2. The summed E-state index contributed by atoms with van der Waals surface area (Å²) in [5.74, 6) is -2.48. The largest absolute Gasteiger partial charge is 0.368 e. The van der Waals surface area contributed by atoms with E-state index in [1.807, 2.05) is 30.3 Å². The standard InChI is InChI=1S/C23H22ClN3O4S/c24-14-9-10-16-18(11-14)32-21(13-5-2-1-3-6-13)20(23(31)27(16)12-19(25)29)26-22(30)15-7-4-8-17(15)28/h1-3,5-6,9-11,15,20-21H,4,7-8,12H2,(H2,25,29)(H,26,30). The summed E-state index contributed by atoms with van der Waals surface area (Å²) in [4.78, 5) is 52.6. The minimum absolute atomic E-state index is 0.114. The summed E-state index contributed by atoms with van der Waals surface area (Å²) in [6.07, 6.45) is 1.49. The lowest BCUT2D eigenvalue weighted by atomic mass is 10.0. The van der Waals surface area contributed by atoms with E-state index in [1.54, 1.807) is 18.2 Å². The van der Waals surface area contributed by atoms with Crippen molar-refractivity contribution < 1.29 is 19.2 Å². The van der Waals surface area contributed by atoms with Gasteiger partial charge in [0, 0.05) is 16.3 Å². The number of ketones is 1. The van der Waals surface area contributed by atoms with Crippen LogP contribution < -0.4 is 16.0 Å². The second-order valence-corrected chi connectivity index (χ2v) is 9.47. The molecule has 166 valence electrons. The Bertz CT molecular complexity index is 1080. The van der Waals surface area contributed by atoms with Crippen LogP contribution in [-0.4, -0.2) is 36.1 Å². The third-order valence-corrected chi connectivity index (χ3v) is 7.28. The van der Waals surface area contributed by atoms with Gasteiger partial charge in [0.15, 0.2) is 0 Å². The number of amides is 3. The fourth-order valence-corrected chi connectivity index (χ4v) is 5.75. The van der Waals surface area contributed by atoms with Gasteiger partial charge in [0.05, 0.1) is 16.9 Å². The first kappa shape index (κ1) is 22.4. The third-order valence-electron chi connectivity index (χ3n) is 5.66. The lowest BCUT2D eigenvalue weighted by molar-refractivity contribution is -0.135. The maximum atomic E-state index is 13.7. The first-order valence-electron chi connectivity index (χ1n) is 10.3. The molecular formula is C23H22ClN3O4S. The summed E-state index contributed by atoms with van der Waals surface area (Å²) in [5, 5.41) is 2.80. The van der Waals surface area contributed by atoms with Crippen molar-refractivity contribution in [3.63, 3.8) is 0 Å². The molecule has 1 saturated carbocycles. The Labute approximate surface area is 194 Å². The third kappa shape index (κ3) is 4.52. The van der Waals surface area contributed by atoms with Gasteiger partial charge >= 0.3 is 0 Å². The Morgan fingerprint density at radius 2 is 1.91 bits per heavy atom. The highest BCUT2D eigenvalue weighted by Crippen LogP contribution is 2.46. The van der Waals surface area contributed by atoms with E-state index in [9.17, 15) is 19.2 Å². The molecule has 3 N–H and O–H groups in total. The molecule has 0 aromatic heterocycles. The first-order valence-corrected chi connectivity index (χ1v) is 11.5. The van der Waals surface area contributed by atoms with Crippen LogP contribution in [0.1, 0.15) is 30.1 Å². The summed E-state index contributed by atoms with van der Waals surface area (Å²) in [6.45, 7) is -0.343. The van der Waals surface area contributed by atoms with Crippen molar-refractivity contribution in [1.29, 1.82) is 0 Å². The molecule has 2 aromatic rings. The van der Waals surface area contributed by atoms with Gasteiger partial charge < -0.3 is 16.0 Å². The van der Waals surface area contributed by atoms with Gasteiger partial charge in [-0.25, -0.2) is 0 Å². The van der Waals surface area contributed by atoms with Crippen LogP contribution in [0, 0.1) is 5.92 Å². The molecule has 32 heavy (non-hydrogen) atoms. The maximum absolute atomic E-state index is 13.7. The highest BCUT2D eigenvalue weighted by Gasteiger charge is 2.42. The molecule has 2 aromatic carbocycles. The molecular weight excluding hydrogens is 450 g/mol. The number of benzene rings is 2. The molecule has 2 aliphatic rings. The van der Waals surface area contributed by atoms with E-state index >= 15 is 0 Å².